The van der Waals surface area contributed by atoms with Gasteiger partial charge in [0.15, 0.2) is 11.4 Å². The van der Waals surface area contributed by atoms with Gasteiger partial charge in [0.25, 0.3) is 0 Å². The van der Waals surface area contributed by atoms with E-state index in [1.54, 1.807) is 17.8 Å². The van der Waals surface area contributed by atoms with Gasteiger partial charge in [-0.25, -0.2) is 0 Å². The second-order valence-electron chi connectivity index (χ2n) is 6.32. The zero-order valence-electron chi connectivity index (χ0n) is 14.1. The van der Waals surface area contributed by atoms with Gasteiger partial charge in [0.05, 0.1) is 12.2 Å². The van der Waals surface area contributed by atoms with E-state index in [0.29, 0.717) is 17.9 Å². The van der Waals surface area contributed by atoms with Crippen molar-refractivity contribution < 1.29 is 9.53 Å². The van der Waals surface area contributed by atoms with E-state index in [-0.39, 0.29) is 5.41 Å². The lowest BCUT2D eigenvalue weighted by molar-refractivity contribution is 0.111. The molecule has 1 aromatic heterocycles. The average molecular weight is 333 g/mol. The summed E-state index contributed by atoms with van der Waals surface area (Å²) in [5.74, 6) is 2.51. The standard InChI is InChI=1S/C17H23N3O2S/c1-17(2,3)15-18-19-16(20(15)4)23-11-7-10-22-14-9-6-5-8-13(14)12-21/h5-6,8-9,12H,7,10-11H2,1-4H3. The summed E-state index contributed by atoms with van der Waals surface area (Å²) in [4.78, 5) is 10.9. The van der Waals surface area contributed by atoms with Crippen LogP contribution in [0.25, 0.3) is 0 Å². The van der Waals surface area contributed by atoms with Crippen molar-refractivity contribution in [1.29, 1.82) is 0 Å². The molecule has 0 aliphatic carbocycles. The molecule has 0 bridgehead atoms. The molecule has 1 heterocycles. The molecule has 0 radical (unpaired) electrons. The maximum absolute atomic E-state index is 10.9. The summed E-state index contributed by atoms with van der Waals surface area (Å²) < 4.78 is 7.72. The summed E-state index contributed by atoms with van der Waals surface area (Å²) in [6.07, 6.45) is 1.69. The van der Waals surface area contributed by atoms with Gasteiger partial charge < -0.3 is 9.30 Å². The fraction of sp³-hybridized carbons (Fsp3) is 0.471. The molecule has 0 spiro atoms. The van der Waals surface area contributed by atoms with E-state index in [1.165, 1.54) is 0 Å². The average Bonchev–Trinajstić information content (AvgIpc) is 2.88. The van der Waals surface area contributed by atoms with Crippen molar-refractivity contribution in [3.8, 4) is 5.75 Å². The molecule has 0 saturated heterocycles. The molecule has 6 heteroatoms. The van der Waals surface area contributed by atoms with Crippen molar-refractivity contribution in [2.75, 3.05) is 12.4 Å². The van der Waals surface area contributed by atoms with Crippen LogP contribution in [0, 0.1) is 0 Å². The third-order valence-electron chi connectivity index (χ3n) is 3.33. The number of benzene rings is 1. The third kappa shape index (κ3) is 4.58. The van der Waals surface area contributed by atoms with Gasteiger partial charge >= 0.3 is 0 Å². The normalized spacial score (nSPS) is 11.5. The van der Waals surface area contributed by atoms with E-state index < -0.39 is 0 Å². The Bertz CT molecular complexity index is 662. The molecule has 23 heavy (non-hydrogen) atoms. The number of hydrogen-bond acceptors (Lipinski definition) is 5. The summed E-state index contributed by atoms with van der Waals surface area (Å²) in [6, 6.07) is 7.26. The van der Waals surface area contributed by atoms with Gasteiger partial charge in [0.2, 0.25) is 0 Å². The van der Waals surface area contributed by atoms with Gasteiger partial charge in [-0.05, 0) is 18.6 Å². The first kappa shape index (κ1) is 17.5. The predicted octanol–water partition coefficient (Wildman–Crippen LogP) is 3.49. The molecule has 5 nitrogen and oxygen atoms in total. The molecule has 0 N–H and O–H groups in total. The fourth-order valence-corrected chi connectivity index (χ4v) is 3.03. The van der Waals surface area contributed by atoms with Crippen LogP contribution in [0.4, 0.5) is 0 Å². The SMILES string of the molecule is Cn1c(SCCCOc2ccccc2C=O)nnc1C(C)(C)C. The number of thioether (sulfide) groups is 1. The first-order chi connectivity index (χ1) is 10.9. The number of aromatic nitrogens is 3. The van der Waals surface area contributed by atoms with E-state index >= 15 is 0 Å². The summed E-state index contributed by atoms with van der Waals surface area (Å²) >= 11 is 1.67. The molecule has 2 rings (SSSR count). The minimum Gasteiger partial charge on any atom is -0.493 e. The second kappa shape index (κ2) is 7.64. The number of aldehydes is 1. The van der Waals surface area contributed by atoms with Crippen molar-refractivity contribution >= 4 is 18.0 Å². The van der Waals surface area contributed by atoms with Crippen LogP contribution in [-0.4, -0.2) is 33.4 Å². The number of para-hydroxylation sites is 1. The van der Waals surface area contributed by atoms with Gasteiger partial charge in [-0.15, -0.1) is 10.2 Å². The van der Waals surface area contributed by atoms with Crippen LogP contribution in [-0.2, 0) is 12.5 Å². The summed E-state index contributed by atoms with van der Waals surface area (Å²) in [6.45, 7) is 6.96. The van der Waals surface area contributed by atoms with Crippen molar-refractivity contribution in [3.05, 3.63) is 35.7 Å². The van der Waals surface area contributed by atoms with Gasteiger partial charge in [0.1, 0.15) is 11.6 Å². The molecule has 0 saturated carbocycles. The van der Waals surface area contributed by atoms with E-state index in [2.05, 4.69) is 31.0 Å². The van der Waals surface area contributed by atoms with Crippen LogP contribution >= 0.6 is 11.8 Å². The van der Waals surface area contributed by atoms with Crippen molar-refractivity contribution in [2.45, 2.75) is 37.8 Å². The molecule has 2 aromatic rings. The molecule has 0 fully saturated rings. The Morgan fingerprint density at radius 2 is 2.00 bits per heavy atom. The monoisotopic (exact) mass is 333 g/mol. The van der Waals surface area contributed by atoms with E-state index in [1.807, 2.05) is 29.8 Å². The van der Waals surface area contributed by atoms with Gasteiger partial charge in [-0.3, -0.25) is 4.79 Å². The Hall–Kier alpha value is -1.82. The molecule has 0 aliphatic heterocycles. The number of rotatable bonds is 7. The van der Waals surface area contributed by atoms with Crippen LogP contribution in [0.5, 0.6) is 5.75 Å². The largest absolute Gasteiger partial charge is 0.493 e. The molecule has 1 aromatic carbocycles. The molecule has 124 valence electrons. The number of carbonyl (C=O) groups is 1. The van der Waals surface area contributed by atoms with Gasteiger partial charge in [0, 0.05) is 18.2 Å². The third-order valence-corrected chi connectivity index (χ3v) is 4.44. The summed E-state index contributed by atoms with van der Waals surface area (Å²) in [5, 5.41) is 9.45. The summed E-state index contributed by atoms with van der Waals surface area (Å²) in [7, 11) is 2.00. The maximum Gasteiger partial charge on any atom is 0.190 e. The molecular weight excluding hydrogens is 310 g/mol. The highest BCUT2D eigenvalue weighted by Gasteiger charge is 2.21. The lowest BCUT2D eigenvalue weighted by Crippen LogP contribution is -2.17. The Labute approximate surface area is 141 Å². The van der Waals surface area contributed by atoms with Crippen molar-refractivity contribution in [3.63, 3.8) is 0 Å². The Morgan fingerprint density at radius 3 is 2.65 bits per heavy atom. The number of ether oxygens (including phenoxy) is 1. The number of hydrogen-bond donors (Lipinski definition) is 0. The smallest absolute Gasteiger partial charge is 0.190 e. The highest BCUT2D eigenvalue weighted by atomic mass is 32.2. The molecule has 0 unspecified atom stereocenters. The van der Waals surface area contributed by atoms with E-state index in [4.69, 9.17) is 4.74 Å². The Morgan fingerprint density at radius 1 is 1.26 bits per heavy atom. The first-order valence-electron chi connectivity index (χ1n) is 7.63. The minimum atomic E-state index is -0.0117. The van der Waals surface area contributed by atoms with Crippen molar-refractivity contribution in [1.82, 2.24) is 14.8 Å². The Balaban J connectivity index is 1.80. The Kier molecular flexibility index (Phi) is 5.82. The van der Waals surface area contributed by atoms with Crippen molar-refractivity contribution in [2.24, 2.45) is 7.05 Å². The van der Waals surface area contributed by atoms with Crippen LogP contribution in [0.2, 0.25) is 0 Å². The number of nitrogens with zero attached hydrogens (tertiary/aromatic N) is 3. The topological polar surface area (TPSA) is 57.0 Å². The van der Waals surface area contributed by atoms with Crippen LogP contribution in [0.15, 0.2) is 29.4 Å². The lowest BCUT2D eigenvalue weighted by Gasteiger charge is -2.16. The predicted molar refractivity (Wildman–Crippen MR) is 92.4 cm³/mol. The molecular formula is C17H23N3O2S. The second-order valence-corrected chi connectivity index (χ2v) is 7.38. The fourth-order valence-electron chi connectivity index (χ4n) is 2.21. The van der Waals surface area contributed by atoms with Crippen LogP contribution in [0.1, 0.15) is 43.4 Å². The summed E-state index contributed by atoms with van der Waals surface area (Å²) in [5.41, 5.74) is 0.575. The zero-order valence-corrected chi connectivity index (χ0v) is 14.9. The highest BCUT2D eigenvalue weighted by molar-refractivity contribution is 7.99. The maximum atomic E-state index is 10.9. The lowest BCUT2D eigenvalue weighted by atomic mass is 9.96. The van der Waals surface area contributed by atoms with Gasteiger partial charge in [-0.1, -0.05) is 44.7 Å². The first-order valence-corrected chi connectivity index (χ1v) is 8.61. The molecule has 0 amide bonds. The number of carbonyl (C=O) groups excluding carboxylic acids is 1. The zero-order chi connectivity index (χ0) is 16.9. The minimum absolute atomic E-state index is 0.0117. The van der Waals surface area contributed by atoms with Crippen LogP contribution < -0.4 is 4.74 Å². The van der Waals surface area contributed by atoms with E-state index in [0.717, 1.165) is 29.4 Å². The van der Waals surface area contributed by atoms with Crippen LogP contribution in [0.3, 0.4) is 0 Å². The van der Waals surface area contributed by atoms with E-state index in [9.17, 15) is 4.79 Å². The highest BCUT2D eigenvalue weighted by Crippen LogP contribution is 2.24. The quantitative estimate of drug-likeness (QED) is 0.441. The molecule has 0 atom stereocenters. The molecule has 0 aliphatic rings. The van der Waals surface area contributed by atoms with Gasteiger partial charge in [-0.2, -0.15) is 0 Å².